The number of nitrogens with one attached hydrogen (secondary N) is 2. The Labute approximate surface area is 165 Å². The molecule has 6 nitrogen and oxygen atoms in total. The van der Waals surface area contributed by atoms with Crippen LogP contribution >= 0.6 is 0 Å². The van der Waals surface area contributed by atoms with Gasteiger partial charge >= 0.3 is 0 Å². The Morgan fingerprint density at radius 3 is 2.54 bits per heavy atom. The number of aromatic amines is 1. The van der Waals surface area contributed by atoms with Crippen molar-refractivity contribution in [2.24, 2.45) is 5.92 Å². The lowest BCUT2D eigenvalue weighted by molar-refractivity contribution is 0.249. The van der Waals surface area contributed by atoms with Crippen LogP contribution in [-0.2, 0) is 10.8 Å². The van der Waals surface area contributed by atoms with Gasteiger partial charge in [-0.25, -0.2) is 14.4 Å². The number of pyridine rings is 1. The summed E-state index contributed by atoms with van der Waals surface area (Å²) in [5, 5.41) is 13.1. The van der Waals surface area contributed by atoms with E-state index >= 15 is 0 Å². The van der Waals surface area contributed by atoms with E-state index in [1.165, 1.54) is 12.1 Å². The monoisotopic (exact) mass is 402 g/mol. The lowest BCUT2D eigenvalue weighted by Gasteiger charge is -2.20. The molecule has 0 aliphatic heterocycles. The van der Waals surface area contributed by atoms with Crippen molar-refractivity contribution >= 4 is 16.6 Å². The molecule has 0 bridgehead atoms. The van der Waals surface area contributed by atoms with Gasteiger partial charge in [0.2, 0.25) is 0 Å². The molecule has 0 amide bonds. The van der Waals surface area contributed by atoms with Gasteiger partial charge in [-0.15, -0.1) is 0 Å². The van der Waals surface area contributed by atoms with Crippen molar-refractivity contribution in [3.63, 3.8) is 0 Å². The first kappa shape index (κ1) is 20.2. The third kappa shape index (κ3) is 4.45. The van der Waals surface area contributed by atoms with E-state index in [-0.39, 0.29) is 24.4 Å². The SMILES string of the molecule is CC(C)C(CO)Nc1cc(-c2nc(S(C)=O)[nH]c2-c2ccc(F)cc2)ccn1. The molecule has 3 N–H and O–H groups in total. The molecule has 2 aromatic heterocycles. The van der Waals surface area contributed by atoms with Crippen molar-refractivity contribution < 1.29 is 13.7 Å². The number of hydrogen-bond donors (Lipinski definition) is 3. The number of aliphatic hydroxyl groups is 1. The molecule has 148 valence electrons. The highest BCUT2D eigenvalue weighted by Gasteiger charge is 2.18. The number of aliphatic hydroxyl groups excluding tert-OH is 1. The van der Waals surface area contributed by atoms with Gasteiger partial charge in [0, 0.05) is 23.6 Å². The number of anilines is 1. The molecule has 0 radical (unpaired) electrons. The highest BCUT2D eigenvalue weighted by Crippen LogP contribution is 2.32. The van der Waals surface area contributed by atoms with Gasteiger partial charge in [-0.2, -0.15) is 0 Å². The summed E-state index contributed by atoms with van der Waals surface area (Å²) in [7, 11) is -1.30. The fourth-order valence-corrected chi connectivity index (χ4v) is 3.26. The molecular formula is C20H23FN4O2S. The van der Waals surface area contributed by atoms with E-state index in [0.717, 1.165) is 11.1 Å². The van der Waals surface area contributed by atoms with Crippen molar-refractivity contribution in [3.05, 3.63) is 48.4 Å². The zero-order chi connectivity index (χ0) is 20.3. The van der Waals surface area contributed by atoms with E-state index < -0.39 is 10.8 Å². The molecule has 28 heavy (non-hydrogen) atoms. The van der Waals surface area contributed by atoms with E-state index in [0.29, 0.717) is 22.4 Å². The van der Waals surface area contributed by atoms with Crippen molar-refractivity contribution in [3.8, 4) is 22.5 Å². The van der Waals surface area contributed by atoms with Gasteiger partial charge < -0.3 is 15.4 Å². The topological polar surface area (TPSA) is 90.9 Å². The van der Waals surface area contributed by atoms with E-state index in [2.05, 4.69) is 20.3 Å². The van der Waals surface area contributed by atoms with E-state index in [1.54, 1.807) is 30.7 Å². The predicted molar refractivity (Wildman–Crippen MR) is 109 cm³/mol. The number of imidazole rings is 1. The Kier molecular flexibility index (Phi) is 6.21. The van der Waals surface area contributed by atoms with Crippen molar-refractivity contribution in [1.82, 2.24) is 15.0 Å². The molecule has 0 aliphatic rings. The van der Waals surface area contributed by atoms with E-state index in [1.807, 2.05) is 19.9 Å². The number of H-pyrrole nitrogens is 1. The van der Waals surface area contributed by atoms with Crippen molar-refractivity contribution in [1.29, 1.82) is 0 Å². The standard InChI is InChI=1S/C20H23FN4O2S/c1-12(2)16(11-26)23-17-10-14(8-9-22-17)19-18(24-20(25-19)28(3)27)13-4-6-15(21)7-5-13/h4-10,12,16,26H,11H2,1-3H3,(H,22,23)(H,24,25). The molecule has 0 saturated heterocycles. The Morgan fingerprint density at radius 1 is 1.21 bits per heavy atom. The number of rotatable bonds is 7. The lowest BCUT2D eigenvalue weighted by Crippen LogP contribution is -2.29. The molecule has 2 atom stereocenters. The largest absolute Gasteiger partial charge is 0.394 e. The van der Waals surface area contributed by atoms with Crippen LogP contribution in [0.25, 0.3) is 22.5 Å². The molecule has 3 aromatic rings. The molecule has 2 heterocycles. The fourth-order valence-electron chi connectivity index (χ4n) is 2.79. The minimum atomic E-state index is -1.30. The summed E-state index contributed by atoms with van der Waals surface area (Å²) in [5.41, 5.74) is 2.77. The van der Waals surface area contributed by atoms with Gasteiger partial charge in [-0.1, -0.05) is 13.8 Å². The van der Waals surface area contributed by atoms with E-state index in [9.17, 15) is 13.7 Å². The van der Waals surface area contributed by atoms with Crippen LogP contribution in [0.5, 0.6) is 0 Å². The van der Waals surface area contributed by atoms with Crippen LogP contribution in [0.1, 0.15) is 13.8 Å². The second-order valence-corrected chi connectivity index (χ2v) is 8.13. The zero-order valence-electron chi connectivity index (χ0n) is 15.9. The molecule has 0 fully saturated rings. The van der Waals surface area contributed by atoms with Crippen LogP contribution in [0.2, 0.25) is 0 Å². The second-order valence-electron chi connectivity index (χ2n) is 6.83. The second kappa shape index (κ2) is 8.62. The molecule has 1 aromatic carbocycles. The Hall–Kier alpha value is -2.58. The van der Waals surface area contributed by atoms with Crippen LogP contribution in [-0.4, -0.2) is 43.2 Å². The van der Waals surface area contributed by atoms with Gasteiger partial charge in [-0.05, 0) is 42.3 Å². The average molecular weight is 402 g/mol. The molecule has 0 saturated carbocycles. The minimum Gasteiger partial charge on any atom is -0.394 e. The summed E-state index contributed by atoms with van der Waals surface area (Å²) in [4.78, 5) is 11.9. The maximum atomic E-state index is 13.3. The third-order valence-corrected chi connectivity index (χ3v) is 5.19. The predicted octanol–water partition coefficient (Wildman–Crippen LogP) is 3.44. The van der Waals surface area contributed by atoms with Gasteiger partial charge in [0.25, 0.3) is 0 Å². The Morgan fingerprint density at radius 2 is 1.93 bits per heavy atom. The smallest absolute Gasteiger partial charge is 0.197 e. The molecule has 8 heteroatoms. The fraction of sp³-hybridized carbons (Fsp3) is 0.300. The summed E-state index contributed by atoms with van der Waals surface area (Å²) in [6.07, 6.45) is 3.20. The van der Waals surface area contributed by atoms with Crippen LogP contribution < -0.4 is 5.32 Å². The Bertz CT molecular complexity index is 973. The van der Waals surface area contributed by atoms with Gasteiger partial charge in [0.1, 0.15) is 11.6 Å². The molecule has 2 unspecified atom stereocenters. The summed E-state index contributed by atoms with van der Waals surface area (Å²) < 4.78 is 25.3. The average Bonchev–Trinajstić information content (AvgIpc) is 3.12. The minimum absolute atomic E-state index is 0.00816. The number of aromatic nitrogens is 3. The highest BCUT2D eigenvalue weighted by molar-refractivity contribution is 7.84. The summed E-state index contributed by atoms with van der Waals surface area (Å²) in [6, 6.07) is 9.55. The first-order valence-electron chi connectivity index (χ1n) is 8.92. The lowest BCUT2D eigenvalue weighted by atomic mass is 10.0. The number of halogens is 1. The molecular weight excluding hydrogens is 379 g/mol. The summed E-state index contributed by atoms with van der Waals surface area (Å²) in [5.74, 6) is 0.505. The molecule has 3 rings (SSSR count). The maximum absolute atomic E-state index is 13.3. The van der Waals surface area contributed by atoms with Crippen molar-refractivity contribution in [2.45, 2.75) is 25.0 Å². The van der Waals surface area contributed by atoms with Crippen LogP contribution in [0, 0.1) is 11.7 Å². The quantitative estimate of drug-likeness (QED) is 0.563. The zero-order valence-corrected chi connectivity index (χ0v) is 16.8. The third-order valence-electron chi connectivity index (χ3n) is 4.46. The van der Waals surface area contributed by atoms with Crippen LogP contribution in [0.4, 0.5) is 10.2 Å². The molecule has 0 aliphatic carbocycles. The van der Waals surface area contributed by atoms with Crippen molar-refractivity contribution in [2.75, 3.05) is 18.2 Å². The van der Waals surface area contributed by atoms with E-state index in [4.69, 9.17) is 0 Å². The Balaban J connectivity index is 2.04. The molecule has 0 spiro atoms. The van der Waals surface area contributed by atoms with Gasteiger partial charge in [0.05, 0.1) is 34.8 Å². The number of hydrogen-bond acceptors (Lipinski definition) is 5. The van der Waals surface area contributed by atoms with Crippen LogP contribution in [0.3, 0.4) is 0 Å². The van der Waals surface area contributed by atoms with Crippen LogP contribution in [0.15, 0.2) is 47.8 Å². The first-order valence-corrected chi connectivity index (χ1v) is 10.5. The van der Waals surface area contributed by atoms with Gasteiger partial charge in [-0.3, -0.25) is 4.21 Å². The summed E-state index contributed by atoms with van der Waals surface area (Å²) >= 11 is 0. The first-order chi connectivity index (χ1) is 13.4. The highest BCUT2D eigenvalue weighted by atomic mass is 32.2. The normalized spacial score (nSPS) is 13.5. The van der Waals surface area contributed by atoms with Gasteiger partial charge in [0.15, 0.2) is 5.16 Å². The summed E-state index contributed by atoms with van der Waals surface area (Å²) in [6.45, 7) is 4.02. The number of benzene rings is 1. The maximum Gasteiger partial charge on any atom is 0.197 e. The number of nitrogens with zero attached hydrogens (tertiary/aromatic N) is 2.